The third kappa shape index (κ3) is 2.92. The molecule has 4 atom stereocenters. The van der Waals surface area contributed by atoms with Gasteiger partial charge in [-0.05, 0) is 19.3 Å². The number of fused-ring (bicyclic) bond motifs is 2. The van der Waals surface area contributed by atoms with Crippen LogP contribution in [0.25, 0.3) is 0 Å². The molecule has 2 fully saturated rings. The molecule has 0 aromatic carbocycles. The molecule has 0 amide bonds. The molecule has 1 saturated heterocycles. The molecule has 18 heavy (non-hydrogen) atoms. The molecule has 2 bridgehead atoms. The maximum absolute atomic E-state index is 11.5. The van der Waals surface area contributed by atoms with Gasteiger partial charge in [0.25, 0.3) is 0 Å². The average molecular weight is 254 g/mol. The zero-order valence-electron chi connectivity index (χ0n) is 11.6. The van der Waals surface area contributed by atoms with Gasteiger partial charge in [-0.2, -0.15) is 0 Å². The molecule has 102 valence electrons. The zero-order valence-corrected chi connectivity index (χ0v) is 11.6. The molecule has 1 aliphatic heterocycles. The van der Waals surface area contributed by atoms with E-state index in [0.29, 0.717) is 12.0 Å². The molecule has 0 spiro atoms. The fraction of sp³-hybridized carbons (Fsp3) is 0.714. The highest BCUT2D eigenvalue weighted by Gasteiger charge is 2.50. The first-order valence-electron chi connectivity index (χ1n) is 6.55. The van der Waals surface area contributed by atoms with E-state index in [9.17, 15) is 9.59 Å². The second-order valence-corrected chi connectivity index (χ2v) is 4.78. The van der Waals surface area contributed by atoms with Crippen LogP contribution < -0.4 is 0 Å². The Labute approximate surface area is 108 Å². The molecule has 0 aromatic heterocycles. The minimum Gasteiger partial charge on any atom is -0.458 e. The second-order valence-electron chi connectivity index (χ2n) is 4.78. The van der Waals surface area contributed by atoms with Gasteiger partial charge in [0, 0.05) is 11.5 Å². The number of carbonyl (C=O) groups excluding carboxylic acids is 2. The Morgan fingerprint density at radius 3 is 2.56 bits per heavy atom. The van der Waals surface area contributed by atoms with Crippen LogP contribution in [0.15, 0.2) is 12.2 Å². The summed E-state index contributed by atoms with van der Waals surface area (Å²) in [7, 11) is 0. The lowest BCUT2D eigenvalue weighted by Gasteiger charge is -2.30. The maximum Gasteiger partial charge on any atom is 0.333 e. The van der Waals surface area contributed by atoms with Crippen LogP contribution in [0.1, 0.15) is 40.5 Å². The summed E-state index contributed by atoms with van der Waals surface area (Å²) in [6.45, 7) is 11.2. The van der Waals surface area contributed by atoms with Crippen LogP contribution in [0, 0.1) is 11.8 Å². The van der Waals surface area contributed by atoms with E-state index in [0.717, 1.165) is 6.42 Å². The Hall–Kier alpha value is -1.32. The number of esters is 2. The predicted molar refractivity (Wildman–Crippen MR) is 67.8 cm³/mol. The van der Waals surface area contributed by atoms with Crippen molar-refractivity contribution in [3.63, 3.8) is 0 Å². The van der Waals surface area contributed by atoms with Gasteiger partial charge in [-0.3, -0.25) is 4.79 Å². The summed E-state index contributed by atoms with van der Waals surface area (Å²) in [6, 6.07) is 0. The summed E-state index contributed by atoms with van der Waals surface area (Å²) in [5.41, 5.74) is 0.379. The van der Waals surface area contributed by atoms with E-state index < -0.39 is 5.97 Å². The van der Waals surface area contributed by atoms with Crippen molar-refractivity contribution in [3.05, 3.63) is 12.2 Å². The standard InChI is InChI=1S/C12H16O4.C2H6/c1-6(2)12(14)16-11-8-4-7(3)10(11)15-9(13)5-8;1-2/h7-8,10-11H,1,4-5H2,2-3H3;1-2H3. The smallest absolute Gasteiger partial charge is 0.333 e. The van der Waals surface area contributed by atoms with Gasteiger partial charge in [-0.25, -0.2) is 4.79 Å². The minimum absolute atomic E-state index is 0.115. The van der Waals surface area contributed by atoms with E-state index in [1.54, 1.807) is 6.92 Å². The molecule has 1 saturated carbocycles. The highest BCUT2D eigenvalue weighted by Crippen LogP contribution is 2.41. The molecule has 4 unspecified atom stereocenters. The van der Waals surface area contributed by atoms with Gasteiger partial charge < -0.3 is 9.47 Å². The van der Waals surface area contributed by atoms with Crippen molar-refractivity contribution in [1.29, 1.82) is 0 Å². The van der Waals surface area contributed by atoms with Crippen LogP contribution in [0.5, 0.6) is 0 Å². The van der Waals surface area contributed by atoms with Crippen molar-refractivity contribution in [2.24, 2.45) is 11.8 Å². The third-order valence-corrected chi connectivity index (χ3v) is 3.31. The molecule has 0 radical (unpaired) electrons. The number of rotatable bonds is 2. The Morgan fingerprint density at radius 2 is 2.06 bits per heavy atom. The van der Waals surface area contributed by atoms with Gasteiger partial charge in [-0.15, -0.1) is 0 Å². The van der Waals surface area contributed by atoms with Gasteiger partial charge in [0.2, 0.25) is 0 Å². The number of ether oxygens (including phenoxy) is 2. The fourth-order valence-electron chi connectivity index (χ4n) is 2.52. The Balaban J connectivity index is 0.000000771. The van der Waals surface area contributed by atoms with E-state index in [1.165, 1.54) is 0 Å². The summed E-state index contributed by atoms with van der Waals surface area (Å²) in [5.74, 6) is -0.196. The topological polar surface area (TPSA) is 52.6 Å². The van der Waals surface area contributed by atoms with Crippen molar-refractivity contribution in [1.82, 2.24) is 0 Å². The second kappa shape index (κ2) is 6.03. The molecule has 2 rings (SSSR count). The van der Waals surface area contributed by atoms with E-state index in [4.69, 9.17) is 9.47 Å². The summed E-state index contributed by atoms with van der Waals surface area (Å²) in [4.78, 5) is 22.7. The number of hydrogen-bond acceptors (Lipinski definition) is 4. The van der Waals surface area contributed by atoms with Crippen LogP contribution in [0.4, 0.5) is 0 Å². The van der Waals surface area contributed by atoms with Crippen LogP contribution in [0.2, 0.25) is 0 Å². The number of hydrogen-bond donors (Lipinski definition) is 0. The van der Waals surface area contributed by atoms with E-state index >= 15 is 0 Å². The minimum atomic E-state index is -0.396. The fourth-order valence-corrected chi connectivity index (χ4v) is 2.52. The Bertz CT molecular complexity index is 348. The van der Waals surface area contributed by atoms with Gasteiger partial charge in [0.1, 0.15) is 12.2 Å². The van der Waals surface area contributed by atoms with Crippen molar-refractivity contribution < 1.29 is 19.1 Å². The third-order valence-electron chi connectivity index (χ3n) is 3.31. The van der Waals surface area contributed by atoms with Crippen molar-refractivity contribution in [2.45, 2.75) is 52.7 Å². The molecule has 4 heteroatoms. The van der Waals surface area contributed by atoms with Crippen molar-refractivity contribution in [2.75, 3.05) is 0 Å². The lowest BCUT2D eigenvalue weighted by atomic mass is 9.99. The largest absolute Gasteiger partial charge is 0.458 e. The maximum atomic E-state index is 11.5. The highest BCUT2D eigenvalue weighted by molar-refractivity contribution is 5.87. The summed E-state index contributed by atoms with van der Waals surface area (Å²) < 4.78 is 10.6. The van der Waals surface area contributed by atoms with Crippen LogP contribution >= 0.6 is 0 Å². The van der Waals surface area contributed by atoms with Gasteiger partial charge in [-0.1, -0.05) is 27.4 Å². The van der Waals surface area contributed by atoms with E-state index in [2.05, 4.69) is 6.58 Å². The normalized spacial score (nSPS) is 33.0. The van der Waals surface area contributed by atoms with Crippen LogP contribution in [0.3, 0.4) is 0 Å². The van der Waals surface area contributed by atoms with Gasteiger partial charge >= 0.3 is 11.9 Å². The summed E-state index contributed by atoms with van der Waals surface area (Å²) >= 11 is 0. The molecular formula is C14H22O4. The zero-order chi connectivity index (χ0) is 13.9. The first kappa shape index (κ1) is 14.7. The molecule has 1 heterocycles. The first-order valence-corrected chi connectivity index (χ1v) is 6.55. The summed E-state index contributed by atoms with van der Waals surface area (Å²) in [5, 5.41) is 0. The number of carbonyl (C=O) groups is 2. The molecule has 4 nitrogen and oxygen atoms in total. The SMILES string of the molecule is C=C(C)C(=O)OC1C2CC(=O)OC1C(C)C2.CC. The van der Waals surface area contributed by atoms with Crippen LogP contribution in [-0.4, -0.2) is 24.1 Å². The molecule has 0 aromatic rings. The summed E-state index contributed by atoms with van der Waals surface area (Å²) in [6.07, 6.45) is 0.686. The monoisotopic (exact) mass is 254 g/mol. The van der Waals surface area contributed by atoms with Crippen molar-refractivity contribution >= 4 is 11.9 Å². The lowest BCUT2D eigenvalue weighted by Crippen LogP contribution is -2.41. The predicted octanol–water partition coefficient (Wildman–Crippen LogP) is 2.47. The highest BCUT2D eigenvalue weighted by atomic mass is 16.6. The van der Waals surface area contributed by atoms with Gasteiger partial charge in [0.05, 0.1) is 6.42 Å². The quantitative estimate of drug-likeness (QED) is 0.561. The van der Waals surface area contributed by atoms with E-state index in [-0.39, 0.29) is 30.0 Å². The molecule has 1 aliphatic carbocycles. The Morgan fingerprint density at radius 1 is 1.44 bits per heavy atom. The van der Waals surface area contributed by atoms with Crippen LogP contribution in [-0.2, 0) is 19.1 Å². The van der Waals surface area contributed by atoms with Crippen molar-refractivity contribution in [3.8, 4) is 0 Å². The molecule has 2 aliphatic rings. The van der Waals surface area contributed by atoms with Gasteiger partial charge in [0.15, 0.2) is 0 Å². The average Bonchev–Trinajstić information content (AvgIpc) is 2.51. The first-order chi connectivity index (χ1) is 8.49. The Kier molecular flexibility index (Phi) is 4.93. The molecule has 0 N–H and O–H groups in total. The lowest BCUT2D eigenvalue weighted by molar-refractivity contribution is -0.177. The molecular weight excluding hydrogens is 232 g/mol. The van der Waals surface area contributed by atoms with E-state index in [1.807, 2.05) is 20.8 Å².